The predicted octanol–water partition coefficient (Wildman–Crippen LogP) is 4.23. The highest BCUT2D eigenvalue weighted by Gasteiger charge is 2.00. The normalized spacial score (nSPS) is 10.5. The lowest BCUT2D eigenvalue weighted by molar-refractivity contribution is 0.306. The van der Waals surface area contributed by atoms with E-state index in [1.165, 1.54) is 12.1 Å². The van der Waals surface area contributed by atoms with Gasteiger partial charge >= 0.3 is 0 Å². The molecule has 0 unspecified atom stereocenters. The van der Waals surface area contributed by atoms with Gasteiger partial charge in [-0.1, -0.05) is 18.2 Å². The van der Waals surface area contributed by atoms with Crippen LogP contribution in [0.5, 0.6) is 5.75 Å². The number of anilines is 1. The predicted molar refractivity (Wildman–Crippen MR) is 75.9 cm³/mol. The summed E-state index contributed by atoms with van der Waals surface area (Å²) in [7, 11) is 0. The Kier molecular flexibility index (Phi) is 4.39. The van der Waals surface area contributed by atoms with Gasteiger partial charge in [0.05, 0.1) is 0 Å². The van der Waals surface area contributed by atoms with Gasteiger partial charge in [-0.3, -0.25) is 0 Å². The van der Waals surface area contributed by atoms with Gasteiger partial charge in [-0.05, 0) is 43.7 Å². The molecule has 0 bridgehead atoms. The van der Waals surface area contributed by atoms with Crippen LogP contribution >= 0.6 is 0 Å². The van der Waals surface area contributed by atoms with Gasteiger partial charge in [0.1, 0.15) is 18.2 Å². The van der Waals surface area contributed by atoms with Crippen LogP contribution in [0.3, 0.4) is 0 Å². The molecule has 0 atom stereocenters. The third kappa shape index (κ3) is 4.28. The molecule has 0 aliphatic rings. The molecule has 0 fully saturated rings. The Balaban J connectivity index is 1.97. The van der Waals surface area contributed by atoms with E-state index in [2.05, 4.69) is 19.2 Å². The van der Waals surface area contributed by atoms with E-state index in [1.807, 2.05) is 24.3 Å². The van der Waals surface area contributed by atoms with Crippen LogP contribution in [0.4, 0.5) is 10.1 Å². The quantitative estimate of drug-likeness (QED) is 0.867. The topological polar surface area (TPSA) is 21.3 Å². The third-order valence-electron chi connectivity index (χ3n) is 2.61. The molecule has 0 spiro atoms. The van der Waals surface area contributed by atoms with Crippen molar-refractivity contribution in [1.29, 1.82) is 0 Å². The first-order chi connectivity index (χ1) is 9.13. The fraction of sp³-hybridized carbons (Fsp3) is 0.250. The van der Waals surface area contributed by atoms with E-state index in [0.717, 1.165) is 17.0 Å². The van der Waals surface area contributed by atoms with Gasteiger partial charge in [0.2, 0.25) is 0 Å². The van der Waals surface area contributed by atoms with Crippen molar-refractivity contribution in [2.75, 3.05) is 5.32 Å². The number of hydrogen-bond acceptors (Lipinski definition) is 2. The van der Waals surface area contributed by atoms with Crippen LogP contribution in [0.2, 0.25) is 0 Å². The minimum absolute atomic E-state index is 0.230. The van der Waals surface area contributed by atoms with E-state index in [4.69, 9.17) is 4.74 Å². The average molecular weight is 259 g/mol. The lowest BCUT2D eigenvalue weighted by Crippen LogP contribution is -2.09. The van der Waals surface area contributed by atoms with Gasteiger partial charge in [0.25, 0.3) is 0 Å². The van der Waals surface area contributed by atoms with Crippen molar-refractivity contribution in [2.24, 2.45) is 0 Å². The molecule has 0 heterocycles. The highest BCUT2D eigenvalue weighted by Crippen LogP contribution is 2.19. The Morgan fingerprint density at radius 2 is 1.84 bits per heavy atom. The molecule has 2 aromatic rings. The zero-order valence-corrected chi connectivity index (χ0v) is 11.2. The van der Waals surface area contributed by atoms with E-state index in [1.54, 1.807) is 12.1 Å². The summed E-state index contributed by atoms with van der Waals surface area (Å²) in [5.74, 6) is 0.571. The number of ether oxygens (including phenoxy) is 1. The largest absolute Gasteiger partial charge is 0.489 e. The second-order valence-corrected chi connectivity index (χ2v) is 4.74. The van der Waals surface area contributed by atoms with Crippen molar-refractivity contribution < 1.29 is 9.13 Å². The number of halogens is 1. The molecule has 0 saturated heterocycles. The number of hydrogen-bond donors (Lipinski definition) is 1. The molecule has 100 valence electrons. The maximum Gasteiger partial charge on any atom is 0.123 e. The molecule has 0 amide bonds. The summed E-state index contributed by atoms with van der Waals surface area (Å²) in [6.07, 6.45) is 0. The van der Waals surface area contributed by atoms with Crippen molar-refractivity contribution in [2.45, 2.75) is 26.5 Å². The lowest BCUT2D eigenvalue weighted by atomic mass is 10.2. The molecule has 1 N–H and O–H groups in total. The molecule has 3 heteroatoms. The van der Waals surface area contributed by atoms with Gasteiger partial charge in [-0.2, -0.15) is 0 Å². The van der Waals surface area contributed by atoms with E-state index in [-0.39, 0.29) is 5.82 Å². The molecule has 0 radical (unpaired) electrons. The zero-order chi connectivity index (χ0) is 13.7. The van der Waals surface area contributed by atoms with Gasteiger partial charge in [0, 0.05) is 17.8 Å². The molecular weight excluding hydrogens is 241 g/mol. The summed E-state index contributed by atoms with van der Waals surface area (Å²) in [5.41, 5.74) is 1.98. The minimum atomic E-state index is -0.230. The Morgan fingerprint density at radius 1 is 1.11 bits per heavy atom. The monoisotopic (exact) mass is 259 g/mol. The van der Waals surface area contributed by atoms with Crippen molar-refractivity contribution in [3.8, 4) is 5.75 Å². The van der Waals surface area contributed by atoms with Gasteiger partial charge in [0.15, 0.2) is 0 Å². The summed E-state index contributed by atoms with van der Waals surface area (Å²) in [4.78, 5) is 0. The van der Waals surface area contributed by atoms with Crippen molar-refractivity contribution in [3.63, 3.8) is 0 Å². The highest BCUT2D eigenvalue weighted by atomic mass is 19.1. The first kappa shape index (κ1) is 13.4. The SMILES string of the molecule is CC(C)Nc1cccc(OCc2ccc(F)cc2)c1. The van der Waals surface area contributed by atoms with E-state index in [9.17, 15) is 4.39 Å². The first-order valence-electron chi connectivity index (χ1n) is 6.37. The highest BCUT2D eigenvalue weighted by molar-refractivity contribution is 5.48. The van der Waals surface area contributed by atoms with Crippen LogP contribution in [-0.4, -0.2) is 6.04 Å². The fourth-order valence-electron chi connectivity index (χ4n) is 1.76. The van der Waals surface area contributed by atoms with Crippen LogP contribution < -0.4 is 10.1 Å². The van der Waals surface area contributed by atoms with Crippen LogP contribution in [0.15, 0.2) is 48.5 Å². The standard InChI is InChI=1S/C16H18FNO/c1-12(2)18-15-4-3-5-16(10-15)19-11-13-6-8-14(17)9-7-13/h3-10,12,18H,11H2,1-2H3. The maximum absolute atomic E-state index is 12.8. The molecule has 2 rings (SSSR count). The summed E-state index contributed by atoms with van der Waals surface area (Å²) in [6.45, 7) is 4.61. The molecule has 0 aliphatic carbocycles. The fourth-order valence-corrected chi connectivity index (χ4v) is 1.76. The lowest BCUT2D eigenvalue weighted by Gasteiger charge is -2.12. The smallest absolute Gasteiger partial charge is 0.123 e. The zero-order valence-electron chi connectivity index (χ0n) is 11.2. The summed E-state index contributed by atoms with van der Waals surface area (Å²) >= 11 is 0. The summed E-state index contributed by atoms with van der Waals surface area (Å²) in [6, 6.07) is 14.5. The molecule has 0 aromatic heterocycles. The molecule has 0 saturated carbocycles. The average Bonchev–Trinajstić information content (AvgIpc) is 2.38. The summed E-state index contributed by atoms with van der Waals surface area (Å²) in [5, 5.41) is 3.32. The van der Waals surface area contributed by atoms with E-state index >= 15 is 0 Å². The van der Waals surface area contributed by atoms with Crippen LogP contribution in [0.25, 0.3) is 0 Å². The Morgan fingerprint density at radius 3 is 2.53 bits per heavy atom. The first-order valence-corrected chi connectivity index (χ1v) is 6.37. The molecular formula is C16H18FNO. The Hall–Kier alpha value is -2.03. The van der Waals surface area contributed by atoms with Crippen LogP contribution in [0, 0.1) is 5.82 Å². The van der Waals surface area contributed by atoms with Crippen molar-refractivity contribution in [3.05, 3.63) is 59.9 Å². The molecule has 19 heavy (non-hydrogen) atoms. The second kappa shape index (κ2) is 6.23. The van der Waals surface area contributed by atoms with Gasteiger partial charge < -0.3 is 10.1 Å². The summed E-state index contributed by atoms with van der Waals surface area (Å²) < 4.78 is 18.5. The van der Waals surface area contributed by atoms with Gasteiger partial charge in [-0.25, -0.2) is 4.39 Å². The molecule has 2 nitrogen and oxygen atoms in total. The van der Waals surface area contributed by atoms with Gasteiger partial charge in [-0.15, -0.1) is 0 Å². The number of nitrogens with one attached hydrogen (secondary N) is 1. The van der Waals surface area contributed by atoms with Crippen LogP contribution in [0.1, 0.15) is 19.4 Å². The van der Waals surface area contributed by atoms with Crippen LogP contribution in [-0.2, 0) is 6.61 Å². The third-order valence-corrected chi connectivity index (χ3v) is 2.61. The Labute approximate surface area is 113 Å². The molecule has 0 aliphatic heterocycles. The van der Waals surface area contributed by atoms with Crippen molar-refractivity contribution >= 4 is 5.69 Å². The maximum atomic E-state index is 12.8. The van der Waals surface area contributed by atoms with E-state index in [0.29, 0.717) is 12.6 Å². The second-order valence-electron chi connectivity index (χ2n) is 4.74. The minimum Gasteiger partial charge on any atom is -0.489 e. The number of benzene rings is 2. The number of rotatable bonds is 5. The molecule has 2 aromatic carbocycles. The van der Waals surface area contributed by atoms with E-state index < -0.39 is 0 Å². The van der Waals surface area contributed by atoms with Crippen molar-refractivity contribution in [1.82, 2.24) is 0 Å². The Bertz CT molecular complexity index is 523.